The number of pyridine rings is 1. The van der Waals surface area contributed by atoms with Gasteiger partial charge in [0.25, 0.3) is 0 Å². The molecule has 110 valence electrons. The smallest absolute Gasteiger partial charge is 0.407 e. The van der Waals surface area contributed by atoms with Gasteiger partial charge in [-0.2, -0.15) is 0 Å². The van der Waals surface area contributed by atoms with Crippen molar-refractivity contribution in [2.75, 3.05) is 6.54 Å². The van der Waals surface area contributed by atoms with E-state index in [4.69, 9.17) is 4.74 Å². The highest BCUT2D eigenvalue weighted by Gasteiger charge is 2.15. The van der Waals surface area contributed by atoms with E-state index < -0.39 is 11.7 Å². The summed E-state index contributed by atoms with van der Waals surface area (Å²) in [5.74, 6) is -0.00547. The fraction of sp³-hybridized carbons (Fsp3) is 0.533. The van der Waals surface area contributed by atoms with Crippen LogP contribution in [0.4, 0.5) is 4.79 Å². The molecule has 0 aliphatic carbocycles. The molecule has 1 aromatic heterocycles. The van der Waals surface area contributed by atoms with Gasteiger partial charge in [0.2, 0.25) is 0 Å². The van der Waals surface area contributed by atoms with Crippen LogP contribution in [-0.2, 0) is 4.74 Å². The van der Waals surface area contributed by atoms with E-state index >= 15 is 0 Å². The maximum atomic E-state index is 11.9. The monoisotopic (exact) mass is 278 g/mol. The van der Waals surface area contributed by atoms with Gasteiger partial charge in [-0.3, -0.25) is 9.78 Å². The zero-order chi connectivity index (χ0) is 15.2. The fourth-order valence-electron chi connectivity index (χ4n) is 1.65. The van der Waals surface area contributed by atoms with Gasteiger partial charge in [0, 0.05) is 19.2 Å². The van der Waals surface area contributed by atoms with E-state index in [1.807, 2.05) is 13.0 Å². The van der Waals surface area contributed by atoms with Gasteiger partial charge in [0.1, 0.15) is 11.3 Å². The Morgan fingerprint density at radius 1 is 1.35 bits per heavy atom. The maximum absolute atomic E-state index is 11.9. The first-order chi connectivity index (χ1) is 9.29. The highest BCUT2D eigenvalue weighted by atomic mass is 16.6. The molecule has 5 nitrogen and oxygen atoms in total. The lowest BCUT2D eigenvalue weighted by Gasteiger charge is -2.19. The van der Waals surface area contributed by atoms with Crippen LogP contribution >= 0.6 is 0 Å². The Morgan fingerprint density at radius 2 is 2.05 bits per heavy atom. The molecule has 0 aromatic carbocycles. The average molecular weight is 278 g/mol. The van der Waals surface area contributed by atoms with Crippen LogP contribution in [0.2, 0.25) is 0 Å². The SMILES string of the molecule is Cc1cccnc1C(=O)CCCNC(=O)OC(C)(C)C. The zero-order valence-corrected chi connectivity index (χ0v) is 12.5. The minimum atomic E-state index is -0.509. The van der Waals surface area contributed by atoms with Crippen LogP contribution in [0.25, 0.3) is 0 Å². The van der Waals surface area contributed by atoms with Crippen molar-refractivity contribution in [2.24, 2.45) is 0 Å². The number of alkyl carbamates (subject to hydrolysis) is 1. The summed E-state index contributed by atoms with van der Waals surface area (Å²) < 4.78 is 5.10. The summed E-state index contributed by atoms with van der Waals surface area (Å²) >= 11 is 0. The average Bonchev–Trinajstić information content (AvgIpc) is 2.33. The van der Waals surface area contributed by atoms with Crippen LogP contribution in [0.15, 0.2) is 18.3 Å². The molecular formula is C15H22N2O3. The molecule has 20 heavy (non-hydrogen) atoms. The van der Waals surface area contributed by atoms with Gasteiger partial charge in [-0.05, 0) is 45.7 Å². The number of carbonyl (C=O) groups is 2. The molecule has 1 rings (SSSR count). The van der Waals surface area contributed by atoms with E-state index in [1.165, 1.54) is 0 Å². The van der Waals surface area contributed by atoms with Gasteiger partial charge in [-0.15, -0.1) is 0 Å². The normalized spacial score (nSPS) is 11.0. The molecule has 0 saturated heterocycles. The highest BCUT2D eigenvalue weighted by Crippen LogP contribution is 2.08. The van der Waals surface area contributed by atoms with E-state index in [0.29, 0.717) is 25.1 Å². The van der Waals surface area contributed by atoms with Gasteiger partial charge < -0.3 is 10.1 Å². The quantitative estimate of drug-likeness (QED) is 0.664. The second-order valence-corrected chi connectivity index (χ2v) is 5.62. The van der Waals surface area contributed by atoms with Gasteiger partial charge in [0.05, 0.1) is 0 Å². The number of ketones is 1. The van der Waals surface area contributed by atoms with Crippen LogP contribution in [0, 0.1) is 6.92 Å². The predicted octanol–water partition coefficient (Wildman–Crippen LogP) is 2.88. The number of aromatic nitrogens is 1. The first kappa shape index (κ1) is 16.1. The second-order valence-electron chi connectivity index (χ2n) is 5.62. The molecule has 5 heteroatoms. The number of hydrogen-bond donors (Lipinski definition) is 1. The number of Topliss-reactive ketones (excluding diaryl/α,β-unsaturated/α-hetero) is 1. The first-order valence-electron chi connectivity index (χ1n) is 6.71. The number of carbonyl (C=O) groups excluding carboxylic acids is 2. The Balaban J connectivity index is 2.30. The van der Waals surface area contributed by atoms with Crippen molar-refractivity contribution in [2.45, 2.75) is 46.1 Å². The van der Waals surface area contributed by atoms with Crippen LogP contribution in [-0.4, -0.2) is 29.0 Å². The van der Waals surface area contributed by atoms with Gasteiger partial charge in [-0.1, -0.05) is 6.07 Å². The highest BCUT2D eigenvalue weighted by molar-refractivity contribution is 5.95. The molecule has 0 saturated carbocycles. The molecule has 1 amide bonds. The van der Waals surface area contributed by atoms with Crippen molar-refractivity contribution >= 4 is 11.9 Å². The molecule has 0 aliphatic rings. The number of hydrogen-bond acceptors (Lipinski definition) is 4. The first-order valence-corrected chi connectivity index (χ1v) is 6.71. The van der Waals surface area contributed by atoms with Gasteiger partial charge in [-0.25, -0.2) is 4.79 Å². The second kappa shape index (κ2) is 7.03. The fourth-order valence-corrected chi connectivity index (χ4v) is 1.65. The molecule has 0 aliphatic heterocycles. The maximum Gasteiger partial charge on any atom is 0.407 e. The number of nitrogens with zero attached hydrogens (tertiary/aromatic N) is 1. The Hall–Kier alpha value is -1.91. The van der Waals surface area contributed by atoms with Gasteiger partial charge in [0.15, 0.2) is 5.78 Å². The number of amides is 1. The lowest BCUT2D eigenvalue weighted by atomic mass is 10.1. The van der Waals surface area contributed by atoms with Crippen LogP contribution < -0.4 is 5.32 Å². The molecule has 0 radical (unpaired) electrons. The molecule has 1 heterocycles. The van der Waals surface area contributed by atoms with E-state index in [1.54, 1.807) is 33.0 Å². The number of nitrogens with one attached hydrogen (secondary N) is 1. The third-order valence-corrected chi connectivity index (χ3v) is 2.52. The summed E-state index contributed by atoms with van der Waals surface area (Å²) in [6.07, 6.45) is 2.07. The van der Waals surface area contributed by atoms with E-state index in [-0.39, 0.29) is 5.78 Å². The van der Waals surface area contributed by atoms with Crippen molar-refractivity contribution in [1.29, 1.82) is 0 Å². The number of rotatable bonds is 5. The molecule has 0 bridgehead atoms. The number of aryl methyl sites for hydroxylation is 1. The van der Waals surface area contributed by atoms with Crippen molar-refractivity contribution in [1.82, 2.24) is 10.3 Å². The minimum Gasteiger partial charge on any atom is -0.444 e. The summed E-state index contributed by atoms with van der Waals surface area (Å²) in [6.45, 7) is 7.69. The minimum absolute atomic E-state index is 0.00547. The molecule has 0 unspecified atom stereocenters. The third-order valence-electron chi connectivity index (χ3n) is 2.52. The topological polar surface area (TPSA) is 68.3 Å². The van der Waals surface area contributed by atoms with Crippen LogP contribution in [0.3, 0.4) is 0 Å². The van der Waals surface area contributed by atoms with E-state index in [9.17, 15) is 9.59 Å². The van der Waals surface area contributed by atoms with Crippen LogP contribution in [0.5, 0.6) is 0 Å². The summed E-state index contributed by atoms with van der Waals surface area (Å²) in [5.41, 5.74) is 0.868. The van der Waals surface area contributed by atoms with E-state index in [2.05, 4.69) is 10.3 Å². The molecule has 0 fully saturated rings. The van der Waals surface area contributed by atoms with Crippen molar-refractivity contribution in [3.63, 3.8) is 0 Å². The standard InChI is InChI=1S/C15H22N2O3/c1-11-7-5-9-16-13(11)12(18)8-6-10-17-14(19)20-15(2,3)4/h5,7,9H,6,8,10H2,1-4H3,(H,17,19). The largest absolute Gasteiger partial charge is 0.444 e. The number of ether oxygens (including phenoxy) is 1. The summed E-state index contributed by atoms with van der Waals surface area (Å²) in [4.78, 5) is 27.4. The third kappa shape index (κ3) is 5.82. The lowest BCUT2D eigenvalue weighted by Crippen LogP contribution is -2.33. The Kier molecular flexibility index (Phi) is 5.67. The Labute approximate surface area is 119 Å². The van der Waals surface area contributed by atoms with Crippen molar-refractivity contribution < 1.29 is 14.3 Å². The molecule has 0 spiro atoms. The van der Waals surface area contributed by atoms with Crippen molar-refractivity contribution in [3.8, 4) is 0 Å². The summed E-state index contributed by atoms with van der Waals surface area (Å²) in [7, 11) is 0. The van der Waals surface area contributed by atoms with Crippen molar-refractivity contribution in [3.05, 3.63) is 29.6 Å². The summed E-state index contributed by atoms with van der Waals surface area (Å²) in [5, 5.41) is 2.63. The molecular weight excluding hydrogens is 256 g/mol. The lowest BCUT2D eigenvalue weighted by molar-refractivity contribution is 0.0525. The Bertz CT molecular complexity index is 478. The molecule has 0 atom stereocenters. The Morgan fingerprint density at radius 3 is 2.65 bits per heavy atom. The van der Waals surface area contributed by atoms with Crippen LogP contribution in [0.1, 0.15) is 49.7 Å². The molecule has 1 aromatic rings. The zero-order valence-electron chi connectivity index (χ0n) is 12.5. The summed E-state index contributed by atoms with van der Waals surface area (Å²) in [6, 6.07) is 3.66. The van der Waals surface area contributed by atoms with E-state index in [0.717, 1.165) is 5.56 Å². The molecule has 1 N–H and O–H groups in total. The van der Waals surface area contributed by atoms with Gasteiger partial charge >= 0.3 is 6.09 Å². The predicted molar refractivity (Wildman–Crippen MR) is 76.8 cm³/mol.